The predicted molar refractivity (Wildman–Crippen MR) is 68.7 cm³/mol. The maximum atomic E-state index is 13.0. The Balaban J connectivity index is 2.81. The summed E-state index contributed by atoms with van der Waals surface area (Å²) in [5.41, 5.74) is 0.282. The number of hydrogen-bond acceptors (Lipinski definition) is 2. The molecule has 18 heavy (non-hydrogen) atoms. The molecule has 0 aliphatic heterocycles. The van der Waals surface area contributed by atoms with E-state index < -0.39 is 29.5 Å². The molecule has 0 fully saturated rings. The Bertz CT molecular complexity index is 478. The van der Waals surface area contributed by atoms with Gasteiger partial charge in [-0.25, -0.2) is 4.39 Å². The molecule has 0 spiro atoms. The fourth-order valence-corrected chi connectivity index (χ4v) is 1.63. The van der Waals surface area contributed by atoms with Crippen LogP contribution in [-0.4, -0.2) is 17.0 Å². The van der Waals surface area contributed by atoms with Gasteiger partial charge in [-0.1, -0.05) is 13.8 Å². The lowest BCUT2D eigenvalue weighted by atomic mass is 9.95. The normalized spacial score (nSPS) is 13.8. The summed E-state index contributed by atoms with van der Waals surface area (Å²) in [4.78, 5) is 22.6. The van der Waals surface area contributed by atoms with E-state index in [2.05, 4.69) is 21.2 Å². The van der Waals surface area contributed by atoms with E-state index in [-0.39, 0.29) is 5.69 Å². The first-order valence-electron chi connectivity index (χ1n) is 5.31. The third-order valence-electron chi connectivity index (χ3n) is 2.74. The van der Waals surface area contributed by atoms with Crippen LogP contribution in [0.3, 0.4) is 0 Å². The largest absolute Gasteiger partial charge is 0.481 e. The van der Waals surface area contributed by atoms with E-state index in [1.807, 2.05) is 0 Å². The zero-order chi connectivity index (χ0) is 13.9. The Morgan fingerprint density at radius 2 is 1.94 bits per heavy atom. The van der Waals surface area contributed by atoms with Crippen molar-refractivity contribution < 1.29 is 19.1 Å². The minimum Gasteiger partial charge on any atom is -0.481 e. The van der Waals surface area contributed by atoms with Gasteiger partial charge in [0, 0.05) is 10.4 Å². The third-order valence-corrected chi connectivity index (χ3v) is 3.43. The number of benzene rings is 1. The van der Waals surface area contributed by atoms with Crippen LogP contribution in [0.15, 0.2) is 22.7 Å². The molecule has 1 amide bonds. The highest BCUT2D eigenvalue weighted by atomic mass is 79.9. The minimum atomic E-state index is -1.05. The van der Waals surface area contributed by atoms with Gasteiger partial charge in [-0.05, 0) is 34.1 Å². The Morgan fingerprint density at radius 3 is 2.50 bits per heavy atom. The molecular formula is C12H13BrFNO3. The van der Waals surface area contributed by atoms with Crippen molar-refractivity contribution in [3.05, 3.63) is 28.5 Å². The Kier molecular flexibility index (Phi) is 4.84. The number of anilines is 1. The molecule has 2 atom stereocenters. The summed E-state index contributed by atoms with van der Waals surface area (Å²) in [5.74, 6) is -3.51. The SMILES string of the molecule is CC(C(=O)O)C(C)C(=O)Nc1cc(F)ccc1Br. The first-order valence-corrected chi connectivity index (χ1v) is 6.11. The number of carboxylic acid groups (broad SMARTS) is 1. The molecular weight excluding hydrogens is 305 g/mol. The number of carboxylic acids is 1. The second-order valence-electron chi connectivity index (χ2n) is 4.03. The van der Waals surface area contributed by atoms with Crippen LogP contribution in [0.5, 0.6) is 0 Å². The number of carbonyl (C=O) groups is 2. The molecule has 98 valence electrons. The second-order valence-corrected chi connectivity index (χ2v) is 4.88. The molecule has 0 aliphatic carbocycles. The molecule has 0 radical (unpaired) electrons. The quantitative estimate of drug-likeness (QED) is 0.897. The molecule has 1 aromatic carbocycles. The summed E-state index contributed by atoms with van der Waals surface area (Å²) in [7, 11) is 0. The Morgan fingerprint density at radius 1 is 1.33 bits per heavy atom. The number of halogens is 2. The summed E-state index contributed by atoms with van der Waals surface area (Å²) >= 11 is 3.18. The molecule has 6 heteroatoms. The predicted octanol–water partition coefficient (Wildman–Crippen LogP) is 2.88. The van der Waals surface area contributed by atoms with Gasteiger partial charge in [0.15, 0.2) is 0 Å². The standard InChI is InChI=1S/C12H13BrFNO3/c1-6(7(2)12(17)18)11(16)15-10-5-8(14)3-4-9(10)13/h3-7H,1-2H3,(H,15,16)(H,17,18). The maximum absolute atomic E-state index is 13.0. The number of nitrogens with one attached hydrogen (secondary N) is 1. The Hall–Kier alpha value is -1.43. The highest BCUT2D eigenvalue weighted by molar-refractivity contribution is 9.10. The van der Waals surface area contributed by atoms with Crippen molar-refractivity contribution in [3.8, 4) is 0 Å². The smallest absolute Gasteiger partial charge is 0.307 e. The van der Waals surface area contributed by atoms with Crippen molar-refractivity contribution in [3.63, 3.8) is 0 Å². The van der Waals surface area contributed by atoms with Crippen LogP contribution in [0.25, 0.3) is 0 Å². The van der Waals surface area contributed by atoms with Crippen LogP contribution < -0.4 is 5.32 Å². The average molecular weight is 318 g/mol. The van der Waals surface area contributed by atoms with Crippen molar-refractivity contribution in [1.82, 2.24) is 0 Å². The van der Waals surface area contributed by atoms with Crippen LogP contribution in [-0.2, 0) is 9.59 Å². The van der Waals surface area contributed by atoms with Gasteiger partial charge in [-0.3, -0.25) is 9.59 Å². The summed E-state index contributed by atoms with van der Waals surface area (Å²) < 4.78 is 13.6. The van der Waals surface area contributed by atoms with E-state index in [9.17, 15) is 14.0 Å². The maximum Gasteiger partial charge on any atom is 0.307 e. The van der Waals surface area contributed by atoms with Gasteiger partial charge in [0.1, 0.15) is 5.82 Å². The molecule has 1 rings (SSSR count). The molecule has 1 aromatic rings. The molecule has 4 nitrogen and oxygen atoms in total. The minimum absolute atomic E-state index is 0.282. The van der Waals surface area contributed by atoms with Gasteiger partial charge >= 0.3 is 5.97 Å². The highest BCUT2D eigenvalue weighted by Crippen LogP contribution is 2.24. The summed E-state index contributed by atoms with van der Waals surface area (Å²) in [6, 6.07) is 3.89. The van der Waals surface area contributed by atoms with Crippen LogP contribution in [0.1, 0.15) is 13.8 Å². The zero-order valence-electron chi connectivity index (χ0n) is 9.91. The van der Waals surface area contributed by atoms with E-state index in [1.54, 1.807) is 0 Å². The molecule has 0 heterocycles. The van der Waals surface area contributed by atoms with Gasteiger partial charge < -0.3 is 10.4 Å². The van der Waals surface area contributed by atoms with E-state index in [1.165, 1.54) is 32.0 Å². The average Bonchev–Trinajstić information content (AvgIpc) is 2.31. The van der Waals surface area contributed by atoms with Crippen molar-refractivity contribution in [2.24, 2.45) is 11.8 Å². The summed E-state index contributed by atoms with van der Waals surface area (Å²) in [6.45, 7) is 2.97. The first kappa shape index (κ1) is 14.6. The van der Waals surface area contributed by atoms with E-state index in [0.29, 0.717) is 4.47 Å². The molecule has 0 bridgehead atoms. The fraction of sp³-hybridized carbons (Fsp3) is 0.333. The van der Waals surface area contributed by atoms with Crippen LogP contribution in [0.4, 0.5) is 10.1 Å². The van der Waals surface area contributed by atoms with Gasteiger partial charge in [0.05, 0.1) is 11.6 Å². The lowest BCUT2D eigenvalue weighted by molar-refractivity contribution is -0.145. The highest BCUT2D eigenvalue weighted by Gasteiger charge is 2.26. The van der Waals surface area contributed by atoms with Gasteiger partial charge in [0.25, 0.3) is 0 Å². The van der Waals surface area contributed by atoms with E-state index >= 15 is 0 Å². The van der Waals surface area contributed by atoms with Crippen molar-refractivity contribution in [1.29, 1.82) is 0 Å². The number of aliphatic carboxylic acids is 1. The second kappa shape index (κ2) is 5.95. The van der Waals surface area contributed by atoms with Gasteiger partial charge in [0.2, 0.25) is 5.91 Å². The van der Waals surface area contributed by atoms with E-state index in [4.69, 9.17) is 5.11 Å². The van der Waals surface area contributed by atoms with Gasteiger partial charge in [-0.2, -0.15) is 0 Å². The number of carbonyl (C=O) groups excluding carboxylic acids is 1. The molecule has 0 saturated carbocycles. The molecule has 2 N–H and O–H groups in total. The van der Waals surface area contributed by atoms with Crippen LogP contribution in [0.2, 0.25) is 0 Å². The molecule has 0 saturated heterocycles. The van der Waals surface area contributed by atoms with E-state index in [0.717, 1.165) is 0 Å². The van der Waals surface area contributed by atoms with Gasteiger partial charge in [-0.15, -0.1) is 0 Å². The zero-order valence-corrected chi connectivity index (χ0v) is 11.5. The Labute approximate surface area is 112 Å². The van der Waals surface area contributed by atoms with Crippen molar-refractivity contribution >= 4 is 33.5 Å². The van der Waals surface area contributed by atoms with Crippen LogP contribution >= 0.6 is 15.9 Å². The number of rotatable bonds is 4. The molecule has 0 aliphatic rings. The molecule has 0 aromatic heterocycles. The monoisotopic (exact) mass is 317 g/mol. The number of amides is 1. The van der Waals surface area contributed by atoms with Crippen molar-refractivity contribution in [2.75, 3.05) is 5.32 Å². The number of hydrogen-bond donors (Lipinski definition) is 2. The van der Waals surface area contributed by atoms with Crippen LogP contribution in [0, 0.1) is 17.7 Å². The summed E-state index contributed by atoms with van der Waals surface area (Å²) in [6.07, 6.45) is 0. The topological polar surface area (TPSA) is 66.4 Å². The first-order chi connectivity index (χ1) is 8.32. The summed E-state index contributed by atoms with van der Waals surface area (Å²) in [5, 5.41) is 11.3. The fourth-order valence-electron chi connectivity index (χ4n) is 1.28. The van der Waals surface area contributed by atoms with Crippen molar-refractivity contribution in [2.45, 2.75) is 13.8 Å². The molecule has 2 unspecified atom stereocenters. The third kappa shape index (κ3) is 3.53. The lowest BCUT2D eigenvalue weighted by Gasteiger charge is -2.16. The lowest BCUT2D eigenvalue weighted by Crippen LogP contribution is -2.30.